The molecule has 10 heteroatoms. The Balaban J connectivity index is 0.00000162. The lowest BCUT2D eigenvalue weighted by molar-refractivity contribution is -0.384. The molecule has 0 aliphatic carbocycles. The lowest BCUT2D eigenvalue weighted by atomic mass is 9.79. The van der Waals surface area contributed by atoms with E-state index in [1.165, 1.54) is 24.3 Å². The summed E-state index contributed by atoms with van der Waals surface area (Å²) in [7, 11) is -0.442. The Bertz CT molecular complexity index is 1340. The monoisotopic (exact) mass is 605 g/mol. The van der Waals surface area contributed by atoms with Crippen molar-refractivity contribution in [2.45, 2.75) is 92.6 Å². The lowest BCUT2D eigenvalue weighted by Gasteiger charge is -2.32. The van der Waals surface area contributed by atoms with E-state index in [1.54, 1.807) is 24.3 Å². The molecule has 44 heavy (non-hydrogen) atoms. The summed E-state index contributed by atoms with van der Waals surface area (Å²) in [5.74, 6) is -0.789. The Morgan fingerprint density at radius 2 is 1.00 bits per heavy atom. The minimum absolute atomic E-state index is 0.0170. The van der Waals surface area contributed by atoms with Crippen LogP contribution in [0.2, 0.25) is 0 Å². The van der Waals surface area contributed by atoms with Crippen molar-refractivity contribution in [1.29, 1.82) is 0 Å². The number of esters is 2. The van der Waals surface area contributed by atoms with Crippen LogP contribution < -0.4 is 5.46 Å². The molecule has 3 aromatic rings. The number of rotatable bonds is 10. The standard InChI is InChI=1S/C30H32BNO8.2C2H6/c1-29(2)30(3,4)40-31(39-29)25-13-9-24(10-14-25)20-38-27(33)17-21-5-7-23(8-6-21)19-37-28(34)18-22-11-15-26(16-12-22)32(35)36;2*1-2/h5-16H,17-20H2,1-4H3;2*1-2H3. The average molecular weight is 606 g/mol. The smallest absolute Gasteiger partial charge is 0.461 e. The van der Waals surface area contributed by atoms with Crippen molar-refractivity contribution in [2.24, 2.45) is 0 Å². The molecule has 4 rings (SSSR count). The molecular formula is C34H44BNO8. The molecule has 0 amide bonds. The molecule has 0 unspecified atom stereocenters. The van der Waals surface area contributed by atoms with Gasteiger partial charge in [-0.2, -0.15) is 0 Å². The van der Waals surface area contributed by atoms with Gasteiger partial charge in [0.2, 0.25) is 0 Å². The summed E-state index contributed by atoms with van der Waals surface area (Å²) >= 11 is 0. The summed E-state index contributed by atoms with van der Waals surface area (Å²) in [5, 5.41) is 10.7. The van der Waals surface area contributed by atoms with E-state index in [0.29, 0.717) is 5.56 Å². The normalized spacial score (nSPS) is 14.3. The first-order valence-electron chi connectivity index (χ1n) is 15.0. The van der Waals surface area contributed by atoms with Crippen LogP contribution in [0.4, 0.5) is 5.69 Å². The first kappa shape index (κ1) is 36.2. The topological polar surface area (TPSA) is 114 Å². The van der Waals surface area contributed by atoms with Gasteiger partial charge in [-0.3, -0.25) is 19.7 Å². The van der Waals surface area contributed by atoms with Crippen molar-refractivity contribution in [2.75, 3.05) is 0 Å². The van der Waals surface area contributed by atoms with E-state index in [1.807, 2.05) is 79.7 Å². The van der Waals surface area contributed by atoms with Crippen LogP contribution in [0.5, 0.6) is 0 Å². The zero-order chi connectivity index (χ0) is 32.9. The van der Waals surface area contributed by atoms with Crippen molar-refractivity contribution < 1.29 is 33.3 Å². The first-order chi connectivity index (χ1) is 20.9. The van der Waals surface area contributed by atoms with Crippen LogP contribution >= 0.6 is 0 Å². The molecule has 0 bridgehead atoms. The van der Waals surface area contributed by atoms with E-state index in [-0.39, 0.29) is 37.7 Å². The first-order valence-corrected chi connectivity index (χ1v) is 15.0. The minimum Gasteiger partial charge on any atom is -0.461 e. The van der Waals surface area contributed by atoms with Gasteiger partial charge in [0.1, 0.15) is 13.2 Å². The van der Waals surface area contributed by atoms with E-state index < -0.39 is 29.2 Å². The Labute approximate surface area is 261 Å². The average Bonchev–Trinajstić information content (AvgIpc) is 3.24. The molecule has 0 radical (unpaired) electrons. The number of ether oxygens (including phenoxy) is 2. The number of carbonyl (C=O) groups is 2. The quantitative estimate of drug-likeness (QED) is 0.111. The van der Waals surface area contributed by atoms with Gasteiger partial charge in [0.25, 0.3) is 5.69 Å². The van der Waals surface area contributed by atoms with Gasteiger partial charge in [-0.05, 0) is 55.4 Å². The lowest BCUT2D eigenvalue weighted by Crippen LogP contribution is -2.41. The highest BCUT2D eigenvalue weighted by Crippen LogP contribution is 2.36. The number of nitro benzene ring substituents is 1. The van der Waals surface area contributed by atoms with Gasteiger partial charge in [0, 0.05) is 12.1 Å². The maximum absolute atomic E-state index is 12.4. The van der Waals surface area contributed by atoms with Gasteiger partial charge in [-0.25, -0.2) is 0 Å². The molecule has 9 nitrogen and oxygen atoms in total. The molecule has 0 atom stereocenters. The summed E-state index contributed by atoms with van der Waals surface area (Å²) in [4.78, 5) is 34.7. The van der Waals surface area contributed by atoms with Crippen LogP contribution in [0.3, 0.4) is 0 Å². The fraction of sp³-hybridized carbons (Fsp3) is 0.412. The Morgan fingerprint density at radius 3 is 1.39 bits per heavy atom. The Morgan fingerprint density at radius 1 is 0.659 bits per heavy atom. The predicted molar refractivity (Wildman–Crippen MR) is 171 cm³/mol. The summed E-state index contributed by atoms with van der Waals surface area (Å²) < 4.78 is 22.9. The Hall–Kier alpha value is -4.02. The minimum atomic E-state index is -0.492. The summed E-state index contributed by atoms with van der Waals surface area (Å²) in [6.07, 6.45) is 0.134. The van der Waals surface area contributed by atoms with Crippen LogP contribution in [-0.4, -0.2) is 35.2 Å². The van der Waals surface area contributed by atoms with Gasteiger partial charge >= 0.3 is 19.1 Å². The number of hydrogen-bond acceptors (Lipinski definition) is 8. The number of benzene rings is 3. The fourth-order valence-electron chi connectivity index (χ4n) is 4.00. The SMILES string of the molecule is CC.CC.CC1(C)OB(c2ccc(COC(=O)Cc3ccc(COC(=O)Cc4ccc([N+](=O)[O-])cc4)cc3)cc2)OC1(C)C. The van der Waals surface area contributed by atoms with Crippen molar-refractivity contribution in [3.8, 4) is 0 Å². The van der Waals surface area contributed by atoms with Crippen LogP contribution in [0, 0.1) is 10.1 Å². The molecule has 0 N–H and O–H groups in total. The van der Waals surface area contributed by atoms with E-state index in [2.05, 4.69) is 0 Å². The van der Waals surface area contributed by atoms with Crippen LogP contribution in [0.1, 0.15) is 77.6 Å². The summed E-state index contributed by atoms with van der Waals surface area (Å²) in [5.41, 5.74) is 3.10. The van der Waals surface area contributed by atoms with Crippen LogP contribution in [-0.2, 0) is 54.4 Å². The van der Waals surface area contributed by atoms with Gasteiger partial charge in [0.15, 0.2) is 0 Å². The van der Waals surface area contributed by atoms with Crippen molar-refractivity contribution in [3.63, 3.8) is 0 Å². The second kappa shape index (κ2) is 16.7. The van der Waals surface area contributed by atoms with E-state index in [0.717, 1.165) is 22.2 Å². The van der Waals surface area contributed by atoms with Crippen molar-refractivity contribution >= 4 is 30.2 Å². The van der Waals surface area contributed by atoms with E-state index in [9.17, 15) is 19.7 Å². The zero-order valence-electron chi connectivity index (χ0n) is 27.0. The zero-order valence-corrected chi connectivity index (χ0v) is 27.0. The fourth-order valence-corrected chi connectivity index (χ4v) is 4.00. The highest BCUT2D eigenvalue weighted by atomic mass is 16.7. The molecule has 236 valence electrons. The van der Waals surface area contributed by atoms with Crippen molar-refractivity contribution in [1.82, 2.24) is 0 Å². The van der Waals surface area contributed by atoms with Crippen LogP contribution in [0.15, 0.2) is 72.8 Å². The van der Waals surface area contributed by atoms with Gasteiger partial charge in [-0.15, -0.1) is 0 Å². The largest absolute Gasteiger partial charge is 0.494 e. The third kappa shape index (κ3) is 10.3. The summed E-state index contributed by atoms with van der Waals surface area (Å²) in [6.45, 7) is 16.3. The maximum atomic E-state index is 12.4. The number of non-ortho nitro benzene ring substituents is 1. The maximum Gasteiger partial charge on any atom is 0.494 e. The highest BCUT2D eigenvalue weighted by molar-refractivity contribution is 6.62. The summed E-state index contributed by atoms with van der Waals surface area (Å²) in [6, 6.07) is 20.6. The predicted octanol–water partition coefficient (Wildman–Crippen LogP) is 6.52. The number of carbonyl (C=O) groups excluding carboxylic acids is 2. The molecule has 1 aliphatic heterocycles. The highest BCUT2D eigenvalue weighted by Gasteiger charge is 2.51. The molecule has 1 heterocycles. The molecule has 0 spiro atoms. The number of nitrogens with zero attached hydrogens (tertiary/aromatic N) is 1. The number of nitro groups is 1. The second-order valence-electron chi connectivity index (χ2n) is 10.7. The van der Waals surface area contributed by atoms with E-state index >= 15 is 0 Å². The molecule has 1 aliphatic rings. The molecule has 0 aromatic heterocycles. The third-order valence-electron chi connectivity index (χ3n) is 7.17. The molecule has 1 fully saturated rings. The molecule has 3 aromatic carbocycles. The number of hydrogen-bond donors (Lipinski definition) is 0. The molecule has 1 saturated heterocycles. The van der Waals surface area contributed by atoms with Crippen molar-refractivity contribution in [3.05, 3.63) is 105 Å². The van der Waals surface area contributed by atoms with E-state index in [4.69, 9.17) is 18.8 Å². The Kier molecular flexibility index (Phi) is 13.8. The molecule has 0 saturated carbocycles. The second-order valence-corrected chi connectivity index (χ2v) is 10.7. The van der Waals surface area contributed by atoms with Crippen LogP contribution in [0.25, 0.3) is 0 Å². The van der Waals surface area contributed by atoms with Gasteiger partial charge < -0.3 is 18.8 Å². The van der Waals surface area contributed by atoms with Gasteiger partial charge in [-0.1, -0.05) is 88.4 Å². The molecular weight excluding hydrogens is 561 g/mol. The third-order valence-corrected chi connectivity index (χ3v) is 7.17. The van der Waals surface area contributed by atoms with Gasteiger partial charge in [0.05, 0.1) is 29.0 Å².